The molecule has 1 amide bonds. The van der Waals surface area contributed by atoms with Gasteiger partial charge < -0.3 is 10.6 Å². The van der Waals surface area contributed by atoms with Crippen molar-refractivity contribution >= 4 is 28.4 Å². The van der Waals surface area contributed by atoms with Crippen LogP contribution in [0.25, 0.3) is 22.0 Å². The number of aryl methyl sites for hydroxylation is 1. The van der Waals surface area contributed by atoms with Crippen LogP contribution in [0.3, 0.4) is 0 Å². The zero-order valence-corrected chi connectivity index (χ0v) is 22.4. The van der Waals surface area contributed by atoms with E-state index in [1.807, 2.05) is 0 Å². The predicted octanol–water partition coefficient (Wildman–Crippen LogP) is 2.39. The minimum atomic E-state index is -4.69. The van der Waals surface area contributed by atoms with E-state index in [1.165, 1.54) is 11.6 Å². The highest BCUT2D eigenvalue weighted by atomic mass is 19.4. The first-order chi connectivity index (χ1) is 19.4. The van der Waals surface area contributed by atoms with Gasteiger partial charge in [0.1, 0.15) is 24.2 Å². The Morgan fingerprint density at radius 1 is 1.15 bits per heavy atom. The van der Waals surface area contributed by atoms with Crippen molar-refractivity contribution in [3.63, 3.8) is 0 Å². The van der Waals surface area contributed by atoms with Crippen molar-refractivity contribution in [1.29, 1.82) is 0 Å². The van der Waals surface area contributed by atoms with Gasteiger partial charge in [-0.25, -0.2) is 14.4 Å². The van der Waals surface area contributed by atoms with E-state index in [2.05, 4.69) is 25.7 Å². The third kappa shape index (κ3) is 6.12. The number of benzene rings is 1. The van der Waals surface area contributed by atoms with Crippen molar-refractivity contribution in [3.05, 3.63) is 42.1 Å². The highest BCUT2D eigenvalue weighted by Crippen LogP contribution is 2.30. The highest BCUT2D eigenvalue weighted by Gasteiger charge is 2.50. The minimum Gasteiger partial charge on any atom is -0.347 e. The van der Waals surface area contributed by atoms with Crippen LogP contribution >= 0.6 is 0 Å². The Morgan fingerprint density at radius 3 is 2.51 bits per heavy atom. The van der Waals surface area contributed by atoms with E-state index in [0.29, 0.717) is 45.7 Å². The number of amides is 1. The van der Waals surface area contributed by atoms with Crippen LogP contribution in [-0.2, 0) is 16.1 Å². The number of carbonyl (C=O) groups is 3. The van der Waals surface area contributed by atoms with Crippen LogP contribution in [0, 0.1) is 6.92 Å². The van der Waals surface area contributed by atoms with Crippen LogP contribution in [0.2, 0.25) is 0 Å². The summed E-state index contributed by atoms with van der Waals surface area (Å²) < 4.78 is 56.6. The van der Waals surface area contributed by atoms with Gasteiger partial charge in [0.25, 0.3) is 0 Å². The molecule has 3 aromatic rings. The number of hydrogen-bond donors (Lipinski definition) is 2. The summed E-state index contributed by atoms with van der Waals surface area (Å²) in [7, 11) is 0. The molecule has 2 unspecified atom stereocenters. The van der Waals surface area contributed by atoms with Crippen LogP contribution in [0.1, 0.15) is 36.1 Å². The van der Waals surface area contributed by atoms with Gasteiger partial charge in [0, 0.05) is 36.8 Å². The second-order valence-corrected chi connectivity index (χ2v) is 10.5. The molecule has 218 valence electrons. The Balaban J connectivity index is 1.46. The van der Waals surface area contributed by atoms with Gasteiger partial charge in [-0.15, -0.1) is 0 Å². The molecule has 0 radical (unpaired) electrons. The molecule has 4 atom stereocenters. The lowest BCUT2D eigenvalue weighted by atomic mass is 10.0. The fourth-order valence-electron chi connectivity index (χ4n) is 5.54. The molecule has 14 heteroatoms. The third-order valence-corrected chi connectivity index (χ3v) is 7.43. The lowest BCUT2D eigenvalue weighted by Gasteiger charge is -2.28. The van der Waals surface area contributed by atoms with Gasteiger partial charge in [-0.2, -0.15) is 18.3 Å². The largest absolute Gasteiger partial charge is 0.401 e. The summed E-state index contributed by atoms with van der Waals surface area (Å²) in [5.74, 6) is -1.12. The third-order valence-electron chi connectivity index (χ3n) is 7.43. The minimum absolute atomic E-state index is 0.0711. The van der Waals surface area contributed by atoms with E-state index in [1.54, 1.807) is 37.5 Å². The Kier molecular flexibility index (Phi) is 7.88. The first-order valence-corrected chi connectivity index (χ1v) is 13.2. The molecule has 41 heavy (non-hydrogen) atoms. The second-order valence-electron chi connectivity index (χ2n) is 10.5. The number of halogens is 4. The number of ketones is 2. The summed E-state index contributed by atoms with van der Waals surface area (Å²) >= 11 is 0. The summed E-state index contributed by atoms with van der Waals surface area (Å²) in [6.07, 6.45) is -2.09. The van der Waals surface area contributed by atoms with E-state index >= 15 is 4.39 Å². The molecule has 5 rings (SSSR count). The number of nitrogens with zero attached hydrogens (tertiary/aromatic N) is 5. The summed E-state index contributed by atoms with van der Waals surface area (Å²) in [6.45, 7) is 0.936. The maximum absolute atomic E-state index is 15.1. The van der Waals surface area contributed by atoms with Gasteiger partial charge in [0.2, 0.25) is 5.91 Å². The standard InChI is InChI=1S/C27H29F4N7O3/c1-14(39)23-18-8-16(17-9-33-15(2)34-10-17)5-6-21(18)38(36-23)12-22(40)25-24(35-26(41)20-4-3-7-32-20)19(28)11-37(25)13-27(29,30)31/h5-6,8-10,19-20,24-25,32H,3-4,7,11-13H2,1-2H3,(H,35,41)/t19-,20?,24?,25-/m1/s1. The highest BCUT2D eigenvalue weighted by molar-refractivity contribution is 6.06. The van der Waals surface area contributed by atoms with Gasteiger partial charge in [-0.1, -0.05) is 6.07 Å². The maximum atomic E-state index is 15.1. The maximum Gasteiger partial charge on any atom is 0.401 e. The summed E-state index contributed by atoms with van der Waals surface area (Å²) in [5, 5.41) is 10.2. The lowest BCUT2D eigenvalue weighted by molar-refractivity contribution is -0.151. The van der Waals surface area contributed by atoms with Crippen molar-refractivity contribution < 1.29 is 31.9 Å². The number of likely N-dealkylation sites (tertiary alicyclic amines) is 1. The molecule has 2 N–H and O–H groups in total. The number of hydrogen-bond acceptors (Lipinski definition) is 8. The number of carbonyl (C=O) groups excluding carboxylic acids is 3. The van der Waals surface area contributed by atoms with E-state index < -0.39 is 61.8 Å². The predicted molar refractivity (Wildman–Crippen MR) is 140 cm³/mol. The molecule has 2 aliphatic rings. The van der Waals surface area contributed by atoms with Crippen molar-refractivity contribution in [3.8, 4) is 11.1 Å². The summed E-state index contributed by atoms with van der Waals surface area (Å²) in [5.41, 5.74) is 1.85. The zero-order valence-electron chi connectivity index (χ0n) is 22.4. The molecule has 2 aliphatic heterocycles. The number of fused-ring (bicyclic) bond motifs is 1. The molecule has 0 saturated carbocycles. The van der Waals surface area contributed by atoms with Crippen LogP contribution in [0.4, 0.5) is 17.6 Å². The Hall–Kier alpha value is -3.78. The average Bonchev–Trinajstić information content (AvgIpc) is 3.62. The monoisotopic (exact) mass is 575 g/mol. The molecule has 2 aromatic heterocycles. The van der Waals surface area contributed by atoms with Gasteiger partial charge >= 0.3 is 6.18 Å². The Bertz CT molecular complexity index is 1470. The van der Waals surface area contributed by atoms with Crippen LogP contribution < -0.4 is 10.6 Å². The zero-order chi connectivity index (χ0) is 29.5. The number of alkyl halides is 4. The molecule has 4 heterocycles. The fraction of sp³-hybridized carbons (Fsp3) is 0.481. The number of Topliss-reactive ketones (excluding diaryl/α,β-unsaturated/α-hetero) is 2. The average molecular weight is 576 g/mol. The SMILES string of the molecule is CC(=O)c1nn(CC(=O)[C@@H]2C(NC(=O)C3CCCN3)[C@H](F)CN2CC(F)(F)F)c2ccc(-c3cnc(C)nc3)cc12. The molecule has 0 bridgehead atoms. The van der Waals surface area contributed by atoms with E-state index in [0.717, 1.165) is 6.42 Å². The molecule has 2 fully saturated rings. The van der Waals surface area contributed by atoms with Crippen LogP contribution in [0.5, 0.6) is 0 Å². The summed E-state index contributed by atoms with van der Waals surface area (Å²) in [4.78, 5) is 47.8. The van der Waals surface area contributed by atoms with Crippen molar-refractivity contribution in [2.75, 3.05) is 19.6 Å². The number of nitrogens with one attached hydrogen (secondary N) is 2. The quantitative estimate of drug-likeness (QED) is 0.310. The first kappa shape index (κ1) is 28.7. The molecule has 0 spiro atoms. The fourth-order valence-corrected chi connectivity index (χ4v) is 5.54. The van der Waals surface area contributed by atoms with Gasteiger partial charge in [-0.3, -0.25) is 24.0 Å². The normalized spacial score (nSPS) is 23.3. The van der Waals surface area contributed by atoms with Crippen LogP contribution in [-0.4, -0.2) is 92.2 Å². The lowest BCUT2D eigenvalue weighted by Crippen LogP contribution is -2.56. The van der Waals surface area contributed by atoms with Crippen LogP contribution in [0.15, 0.2) is 30.6 Å². The van der Waals surface area contributed by atoms with E-state index in [4.69, 9.17) is 0 Å². The molecular formula is C27H29F4N7O3. The number of rotatable bonds is 8. The Morgan fingerprint density at radius 2 is 1.88 bits per heavy atom. The topological polar surface area (TPSA) is 122 Å². The van der Waals surface area contributed by atoms with Crippen molar-refractivity contribution in [1.82, 2.24) is 35.3 Å². The molecule has 2 saturated heterocycles. The van der Waals surface area contributed by atoms with E-state index in [9.17, 15) is 27.6 Å². The first-order valence-electron chi connectivity index (χ1n) is 13.2. The molecule has 1 aromatic carbocycles. The molecular weight excluding hydrogens is 546 g/mol. The van der Waals surface area contributed by atoms with Gasteiger partial charge in [0.15, 0.2) is 11.6 Å². The van der Waals surface area contributed by atoms with Gasteiger partial charge in [0.05, 0.1) is 30.2 Å². The molecule has 0 aliphatic carbocycles. The van der Waals surface area contributed by atoms with Crippen molar-refractivity contribution in [2.45, 2.75) is 63.7 Å². The molecule has 10 nitrogen and oxygen atoms in total. The van der Waals surface area contributed by atoms with Crippen molar-refractivity contribution in [2.24, 2.45) is 0 Å². The summed E-state index contributed by atoms with van der Waals surface area (Å²) in [6, 6.07) is 1.42. The Labute approximate surface area is 232 Å². The second kappa shape index (κ2) is 11.2. The van der Waals surface area contributed by atoms with E-state index in [-0.39, 0.29) is 11.5 Å². The number of aromatic nitrogens is 4. The van der Waals surface area contributed by atoms with Gasteiger partial charge in [-0.05, 0) is 44.0 Å². The smallest absolute Gasteiger partial charge is 0.347 e.